The predicted octanol–water partition coefficient (Wildman–Crippen LogP) is 2.83. The van der Waals surface area contributed by atoms with Crippen molar-refractivity contribution in [2.45, 2.75) is 45.0 Å². The van der Waals surface area contributed by atoms with Crippen molar-refractivity contribution >= 4 is 21.6 Å². The van der Waals surface area contributed by atoms with Gasteiger partial charge in [0.05, 0.1) is 12.2 Å². The van der Waals surface area contributed by atoms with Gasteiger partial charge >= 0.3 is 0 Å². The van der Waals surface area contributed by atoms with E-state index in [-0.39, 0.29) is 18.3 Å². The largest absolute Gasteiger partial charge is 0.471 e. The van der Waals surface area contributed by atoms with E-state index in [1.807, 2.05) is 16.8 Å². The molecule has 1 saturated heterocycles. The van der Waals surface area contributed by atoms with E-state index in [2.05, 4.69) is 39.7 Å². The van der Waals surface area contributed by atoms with Gasteiger partial charge in [0.15, 0.2) is 0 Å². The van der Waals surface area contributed by atoms with E-state index in [1.54, 1.807) is 6.20 Å². The second kappa shape index (κ2) is 5.09. The van der Waals surface area contributed by atoms with Crippen LogP contribution in [0.15, 0.2) is 23.2 Å². The first-order valence-corrected chi connectivity index (χ1v) is 7.22. The van der Waals surface area contributed by atoms with Gasteiger partial charge in [-0.05, 0) is 29.8 Å². The minimum Gasteiger partial charge on any atom is -0.471 e. The molecular weight excluding hydrogens is 310 g/mol. The van der Waals surface area contributed by atoms with Crippen LogP contribution in [0.5, 0.6) is 5.88 Å². The fourth-order valence-corrected chi connectivity index (χ4v) is 2.93. The van der Waals surface area contributed by atoms with Crippen LogP contribution in [0.3, 0.4) is 0 Å². The summed E-state index contributed by atoms with van der Waals surface area (Å²) >= 11 is 3.39. The fraction of sp³-hybridized carbons (Fsp3) is 0.538. The average Bonchev–Trinajstić information content (AvgIpc) is 2.75. The highest BCUT2D eigenvalue weighted by Crippen LogP contribution is 2.26. The van der Waals surface area contributed by atoms with Crippen LogP contribution in [0.4, 0.5) is 0 Å². The van der Waals surface area contributed by atoms with E-state index >= 15 is 0 Å². The molecule has 0 radical (unpaired) electrons. The summed E-state index contributed by atoms with van der Waals surface area (Å²) in [5.74, 6) is 0.575. The van der Waals surface area contributed by atoms with Gasteiger partial charge in [0.1, 0.15) is 10.7 Å². The lowest BCUT2D eigenvalue weighted by atomic mass is 10.0. The van der Waals surface area contributed by atoms with E-state index in [0.717, 1.165) is 23.1 Å². The topological polar surface area (TPSA) is 48.7 Å². The molecule has 0 saturated carbocycles. The molecule has 0 spiro atoms. The standard InChI is InChI=1S/C13H16BrN3O2/c1-8-5-10(6-9(2)18-8)19-13-12-15-3-4-17(12)7-11(14)16-13/h3-4,7-10H,5-6H2,1-2H3. The molecule has 3 rings (SSSR count). The summed E-state index contributed by atoms with van der Waals surface area (Å²) in [6.45, 7) is 4.15. The SMILES string of the molecule is CC1CC(Oc2nc(Br)cn3ccnc23)CC(C)O1. The quantitative estimate of drug-likeness (QED) is 0.851. The molecule has 2 aromatic heterocycles. The zero-order chi connectivity index (χ0) is 13.4. The predicted molar refractivity (Wildman–Crippen MR) is 74.3 cm³/mol. The molecule has 6 heteroatoms. The molecule has 0 aromatic carbocycles. The molecule has 2 atom stereocenters. The van der Waals surface area contributed by atoms with E-state index in [0.29, 0.717) is 5.88 Å². The van der Waals surface area contributed by atoms with Crippen LogP contribution in [-0.2, 0) is 4.74 Å². The number of hydrogen-bond acceptors (Lipinski definition) is 4. The van der Waals surface area contributed by atoms with Crippen LogP contribution in [-0.4, -0.2) is 32.7 Å². The van der Waals surface area contributed by atoms with Crippen LogP contribution in [0, 0.1) is 0 Å². The first kappa shape index (κ1) is 12.9. The van der Waals surface area contributed by atoms with Crippen molar-refractivity contribution in [3.8, 4) is 5.88 Å². The minimum atomic E-state index is 0.126. The number of rotatable bonds is 2. The second-order valence-corrected chi connectivity index (χ2v) is 5.81. The van der Waals surface area contributed by atoms with Crippen molar-refractivity contribution in [2.24, 2.45) is 0 Å². The molecule has 1 aliphatic rings. The minimum absolute atomic E-state index is 0.126. The summed E-state index contributed by atoms with van der Waals surface area (Å²) in [4.78, 5) is 8.67. The zero-order valence-corrected chi connectivity index (χ0v) is 12.5. The van der Waals surface area contributed by atoms with Crippen molar-refractivity contribution < 1.29 is 9.47 Å². The van der Waals surface area contributed by atoms with Gasteiger partial charge < -0.3 is 9.47 Å². The van der Waals surface area contributed by atoms with Gasteiger partial charge in [0.2, 0.25) is 5.65 Å². The third kappa shape index (κ3) is 2.74. The van der Waals surface area contributed by atoms with Crippen molar-refractivity contribution in [1.29, 1.82) is 0 Å². The van der Waals surface area contributed by atoms with E-state index in [1.165, 1.54) is 0 Å². The van der Waals surface area contributed by atoms with Gasteiger partial charge in [-0.2, -0.15) is 0 Å². The molecule has 5 nitrogen and oxygen atoms in total. The molecule has 0 aliphatic carbocycles. The Hall–Kier alpha value is -1.14. The molecule has 1 aliphatic heterocycles. The van der Waals surface area contributed by atoms with E-state index in [9.17, 15) is 0 Å². The Balaban J connectivity index is 1.86. The highest BCUT2D eigenvalue weighted by Gasteiger charge is 2.27. The number of halogens is 1. The summed E-state index contributed by atoms with van der Waals surface area (Å²) in [5.41, 5.74) is 0.745. The molecule has 0 N–H and O–H groups in total. The smallest absolute Gasteiger partial charge is 0.259 e. The lowest BCUT2D eigenvalue weighted by Gasteiger charge is -2.31. The van der Waals surface area contributed by atoms with E-state index < -0.39 is 0 Å². The van der Waals surface area contributed by atoms with Gasteiger partial charge in [-0.3, -0.25) is 4.40 Å². The monoisotopic (exact) mass is 325 g/mol. The normalized spacial score (nSPS) is 27.6. The Labute approximate surface area is 120 Å². The summed E-state index contributed by atoms with van der Waals surface area (Å²) in [5, 5.41) is 0. The average molecular weight is 326 g/mol. The highest BCUT2D eigenvalue weighted by molar-refractivity contribution is 9.10. The highest BCUT2D eigenvalue weighted by atomic mass is 79.9. The van der Waals surface area contributed by atoms with Crippen LogP contribution in [0.2, 0.25) is 0 Å². The van der Waals surface area contributed by atoms with E-state index in [4.69, 9.17) is 9.47 Å². The number of nitrogens with zero attached hydrogens (tertiary/aromatic N) is 3. The Morgan fingerprint density at radius 1 is 1.37 bits per heavy atom. The van der Waals surface area contributed by atoms with Crippen LogP contribution >= 0.6 is 15.9 Å². The molecule has 2 aromatic rings. The Morgan fingerprint density at radius 3 is 2.84 bits per heavy atom. The van der Waals surface area contributed by atoms with Gasteiger partial charge in [-0.15, -0.1) is 0 Å². The number of hydrogen-bond donors (Lipinski definition) is 0. The third-order valence-corrected chi connectivity index (χ3v) is 3.63. The fourth-order valence-electron chi connectivity index (χ4n) is 2.55. The molecule has 0 bridgehead atoms. The number of ether oxygens (including phenoxy) is 2. The lowest BCUT2D eigenvalue weighted by molar-refractivity contribution is -0.0727. The Kier molecular flexibility index (Phi) is 3.45. The Bertz CT molecular complexity index is 576. The van der Waals surface area contributed by atoms with Crippen LogP contribution in [0.25, 0.3) is 5.65 Å². The summed E-state index contributed by atoms with van der Waals surface area (Å²) in [6.07, 6.45) is 7.81. The van der Waals surface area contributed by atoms with Crippen molar-refractivity contribution in [3.05, 3.63) is 23.2 Å². The van der Waals surface area contributed by atoms with Crippen molar-refractivity contribution in [1.82, 2.24) is 14.4 Å². The van der Waals surface area contributed by atoms with Crippen molar-refractivity contribution in [2.75, 3.05) is 0 Å². The molecule has 19 heavy (non-hydrogen) atoms. The lowest BCUT2D eigenvalue weighted by Crippen LogP contribution is -2.36. The summed E-state index contributed by atoms with van der Waals surface area (Å²) < 4.78 is 14.4. The summed E-state index contributed by atoms with van der Waals surface area (Å²) in [6, 6.07) is 0. The van der Waals surface area contributed by atoms with Crippen molar-refractivity contribution in [3.63, 3.8) is 0 Å². The molecule has 102 valence electrons. The number of aromatic nitrogens is 3. The maximum absolute atomic E-state index is 6.04. The molecule has 0 amide bonds. The number of fused-ring (bicyclic) bond motifs is 1. The van der Waals surface area contributed by atoms with Gasteiger partial charge in [-0.25, -0.2) is 9.97 Å². The molecular formula is C13H16BrN3O2. The van der Waals surface area contributed by atoms with Gasteiger partial charge in [0, 0.05) is 31.4 Å². The molecule has 2 unspecified atom stereocenters. The Morgan fingerprint density at radius 2 is 2.11 bits per heavy atom. The maximum atomic E-state index is 6.04. The number of imidazole rings is 1. The van der Waals surface area contributed by atoms with Gasteiger partial charge in [0.25, 0.3) is 5.88 Å². The van der Waals surface area contributed by atoms with Crippen LogP contribution in [0.1, 0.15) is 26.7 Å². The van der Waals surface area contributed by atoms with Gasteiger partial charge in [-0.1, -0.05) is 0 Å². The first-order valence-electron chi connectivity index (χ1n) is 6.43. The third-order valence-electron chi connectivity index (χ3n) is 3.25. The molecule has 1 fully saturated rings. The molecule has 3 heterocycles. The summed E-state index contributed by atoms with van der Waals surface area (Å²) in [7, 11) is 0. The van der Waals surface area contributed by atoms with Crippen LogP contribution < -0.4 is 4.74 Å². The zero-order valence-electron chi connectivity index (χ0n) is 10.9. The first-order chi connectivity index (χ1) is 9.11. The second-order valence-electron chi connectivity index (χ2n) is 5.00. The maximum Gasteiger partial charge on any atom is 0.259 e.